The van der Waals surface area contributed by atoms with E-state index in [-0.39, 0.29) is 5.91 Å². The van der Waals surface area contributed by atoms with Crippen molar-refractivity contribution >= 4 is 17.3 Å². The van der Waals surface area contributed by atoms with Crippen molar-refractivity contribution < 1.29 is 9.53 Å². The van der Waals surface area contributed by atoms with Crippen LogP contribution in [0.1, 0.15) is 10.4 Å². The molecule has 0 bridgehead atoms. The molecule has 0 aromatic heterocycles. The molecule has 4 nitrogen and oxygen atoms in total. The third-order valence-corrected chi connectivity index (χ3v) is 3.22. The lowest BCUT2D eigenvalue weighted by atomic mass is 10.2. The number of ether oxygens (including phenoxy) is 1. The average molecular weight is 304 g/mol. The first-order valence-electron chi connectivity index (χ1n) is 7.20. The molecule has 0 unspecified atom stereocenters. The summed E-state index contributed by atoms with van der Waals surface area (Å²) in [5.74, 6) is 1.18. The number of nitrogens with two attached hydrogens (primary N) is 1. The van der Waals surface area contributed by atoms with E-state index in [4.69, 9.17) is 10.5 Å². The second kappa shape index (κ2) is 6.66. The standard InChI is InChI=1S/C19H16N2O2/c20-15-7-4-6-14(12-15)19(22)21-16-8-5-11-18(13-16)23-17-9-2-1-3-10-17/h1-13H,20H2,(H,21,22). The molecule has 0 radical (unpaired) electrons. The van der Waals surface area contributed by atoms with Crippen molar-refractivity contribution in [3.05, 3.63) is 84.4 Å². The maximum atomic E-state index is 12.2. The number of amides is 1. The van der Waals surface area contributed by atoms with Gasteiger partial charge in [-0.05, 0) is 42.5 Å². The molecule has 23 heavy (non-hydrogen) atoms. The predicted octanol–water partition coefficient (Wildman–Crippen LogP) is 4.31. The Bertz CT molecular complexity index is 816. The lowest BCUT2D eigenvalue weighted by Crippen LogP contribution is -2.12. The number of para-hydroxylation sites is 1. The lowest BCUT2D eigenvalue weighted by Gasteiger charge is -2.09. The number of carbonyl (C=O) groups is 1. The van der Waals surface area contributed by atoms with Crippen molar-refractivity contribution in [1.29, 1.82) is 0 Å². The number of nitrogen functional groups attached to an aromatic ring is 1. The third-order valence-electron chi connectivity index (χ3n) is 3.22. The quantitative estimate of drug-likeness (QED) is 0.706. The predicted molar refractivity (Wildman–Crippen MR) is 91.8 cm³/mol. The molecule has 3 aromatic rings. The summed E-state index contributed by atoms with van der Waals surface area (Å²) in [4.78, 5) is 12.2. The van der Waals surface area contributed by atoms with Crippen LogP contribution in [0.2, 0.25) is 0 Å². The van der Waals surface area contributed by atoms with E-state index in [0.717, 1.165) is 5.75 Å². The largest absolute Gasteiger partial charge is 0.457 e. The molecule has 0 heterocycles. The zero-order chi connectivity index (χ0) is 16.1. The molecule has 114 valence electrons. The van der Waals surface area contributed by atoms with Crippen LogP contribution in [0.5, 0.6) is 11.5 Å². The summed E-state index contributed by atoms with van der Waals surface area (Å²) in [6.45, 7) is 0. The summed E-state index contributed by atoms with van der Waals surface area (Å²) in [6, 6.07) is 23.6. The molecule has 3 rings (SSSR count). The first-order chi connectivity index (χ1) is 11.2. The molecule has 0 saturated heterocycles. The fourth-order valence-corrected chi connectivity index (χ4v) is 2.15. The van der Waals surface area contributed by atoms with E-state index < -0.39 is 0 Å². The number of nitrogens with one attached hydrogen (secondary N) is 1. The topological polar surface area (TPSA) is 64.4 Å². The fourth-order valence-electron chi connectivity index (χ4n) is 2.15. The van der Waals surface area contributed by atoms with E-state index in [1.807, 2.05) is 48.5 Å². The van der Waals surface area contributed by atoms with E-state index in [9.17, 15) is 4.79 Å². The monoisotopic (exact) mass is 304 g/mol. The summed E-state index contributed by atoms with van der Waals surface area (Å²) in [7, 11) is 0. The minimum atomic E-state index is -0.214. The zero-order valence-corrected chi connectivity index (χ0v) is 12.4. The van der Waals surface area contributed by atoms with Gasteiger partial charge in [0.25, 0.3) is 5.91 Å². The number of hydrogen-bond donors (Lipinski definition) is 2. The Labute approximate surface area is 134 Å². The van der Waals surface area contributed by atoms with Crippen molar-refractivity contribution in [2.45, 2.75) is 0 Å². The van der Waals surface area contributed by atoms with E-state index in [1.54, 1.807) is 30.3 Å². The van der Waals surface area contributed by atoms with Crippen LogP contribution in [0.4, 0.5) is 11.4 Å². The van der Waals surface area contributed by atoms with Crippen molar-refractivity contribution in [3.8, 4) is 11.5 Å². The van der Waals surface area contributed by atoms with Gasteiger partial charge in [0.15, 0.2) is 0 Å². The SMILES string of the molecule is Nc1cccc(C(=O)Nc2cccc(Oc3ccccc3)c2)c1. The van der Waals surface area contributed by atoms with Crippen molar-refractivity contribution in [3.63, 3.8) is 0 Å². The highest BCUT2D eigenvalue weighted by atomic mass is 16.5. The Morgan fingerprint density at radius 1 is 0.826 bits per heavy atom. The minimum absolute atomic E-state index is 0.214. The van der Waals surface area contributed by atoms with E-state index in [1.165, 1.54) is 0 Å². The van der Waals surface area contributed by atoms with Crippen LogP contribution in [0.15, 0.2) is 78.9 Å². The second-order valence-electron chi connectivity index (χ2n) is 5.02. The molecule has 0 spiro atoms. The van der Waals surface area contributed by atoms with Crippen molar-refractivity contribution in [2.24, 2.45) is 0 Å². The molecule has 0 aliphatic carbocycles. The van der Waals surface area contributed by atoms with Crippen LogP contribution in [-0.4, -0.2) is 5.91 Å². The molecule has 0 fully saturated rings. The van der Waals surface area contributed by atoms with Gasteiger partial charge in [0.2, 0.25) is 0 Å². The van der Waals surface area contributed by atoms with E-state index >= 15 is 0 Å². The Kier molecular flexibility index (Phi) is 4.25. The van der Waals surface area contributed by atoms with Crippen LogP contribution < -0.4 is 15.8 Å². The molecule has 0 saturated carbocycles. The molecule has 4 heteroatoms. The first-order valence-corrected chi connectivity index (χ1v) is 7.20. The summed E-state index contributed by atoms with van der Waals surface area (Å²) >= 11 is 0. The summed E-state index contributed by atoms with van der Waals surface area (Å²) in [5.41, 5.74) is 7.43. The molecule has 0 aliphatic rings. The van der Waals surface area contributed by atoms with E-state index in [0.29, 0.717) is 22.7 Å². The Morgan fingerprint density at radius 2 is 1.57 bits per heavy atom. The number of benzene rings is 3. The lowest BCUT2D eigenvalue weighted by molar-refractivity contribution is 0.102. The van der Waals surface area contributed by atoms with Gasteiger partial charge in [-0.15, -0.1) is 0 Å². The van der Waals surface area contributed by atoms with Crippen LogP contribution in [0, 0.1) is 0 Å². The molecule has 0 atom stereocenters. The van der Waals surface area contributed by atoms with Gasteiger partial charge in [-0.1, -0.05) is 30.3 Å². The smallest absolute Gasteiger partial charge is 0.255 e. The molecular weight excluding hydrogens is 288 g/mol. The summed E-state index contributed by atoms with van der Waals surface area (Å²) < 4.78 is 5.75. The maximum Gasteiger partial charge on any atom is 0.255 e. The molecule has 0 aliphatic heterocycles. The van der Waals surface area contributed by atoms with E-state index in [2.05, 4.69) is 5.32 Å². The van der Waals surface area contributed by atoms with Gasteiger partial charge in [-0.2, -0.15) is 0 Å². The Hall–Kier alpha value is -3.27. The van der Waals surface area contributed by atoms with Gasteiger partial charge in [-0.25, -0.2) is 0 Å². The minimum Gasteiger partial charge on any atom is -0.457 e. The van der Waals surface area contributed by atoms with Crippen LogP contribution in [0.3, 0.4) is 0 Å². The molecule has 1 amide bonds. The highest BCUT2D eigenvalue weighted by molar-refractivity contribution is 6.04. The zero-order valence-electron chi connectivity index (χ0n) is 12.4. The Balaban J connectivity index is 1.74. The molecular formula is C19H16N2O2. The normalized spacial score (nSPS) is 10.1. The number of carbonyl (C=O) groups excluding carboxylic acids is 1. The van der Waals surface area contributed by atoms with Gasteiger partial charge in [0.1, 0.15) is 11.5 Å². The Morgan fingerprint density at radius 3 is 2.35 bits per heavy atom. The highest BCUT2D eigenvalue weighted by Gasteiger charge is 2.07. The van der Waals surface area contributed by atoms with Gasteiger partial charge < -0.3 is 15.8 Å². The summed E-state index contributed by atoms with van der Waals surface area (Å²) in [5, 5.41) is 2.84. The first kappa shape index (κ1) is 14.7. The van der Waals surface area contributed by atoms with Gasteiger partial charge in [-0.3, -0.25) is 4.79 Å². The third kappa shape index (κ3) is 3.89. The molecule has 3 N–H and O–H groups in total. The average Bonchev–Trinajstić information content (AvgIpc) is 2.56. The number of anilines is 2. The number of hydrogen-bond acceptors (Lipinski definition) is 3. The number of rotatable bonds is 4. The summed E-state index contributed by atoms with van der Waals surface area (Å²) in [6.07, 6.45) is 0. The maximum absolute atomic E-state index is 12.2. The fraction of sp³-hybridized carbons (Fsp3) is 0. The van der Waals surface area contributed by atoms with Crippen molar-refractivity contribution in [2.75, 3.05) is 11.1 Å². The highest BCUT2D eigenvalue weighted by Crippen LogP contribution is 2.24. The van der Waals surface area contributed by atoms with Gasteiger partial charge >= 0.3 is 0 Å². The van der Waals surface area contributed by atoms with Crippen LogP contribution in [-0.2, 0) is 0 Å². The molecule has 3 aromatic carbocycles. The van der Waals surface area contributed by atoms with Crippen LogP contribution >= 0.6 is 0 Å². The van der Waals surface area contributed by atoms with Gasteiger partial charge in [0.05, 0.1) is 0 Å². The van der Waals surface area contributed by atoms with Crippen molar-refractivity contribution in [1.82, 2.24) is 0 Å². The van der Waals surface area contributed by atoms with Gasteiger partial charge in [0, 0.05) is 23.0 Å². The van der Waals surface area contributed by atoms with Crippen LogP contribution in [0.25, 0.3) is 0 Å². The second-order valence-corrected chi connectivity index (χ2v) is 5.02.